The fourth-order valence-corrected chi connectivity index (χ4v) is 12.9. The molecule has 19 nitrogen and oxygen atoms in total. The van der Waals surface area contributed by atoms with Gasteiger partial charge in [0.2, 0.25) is 5.91 Å². The van der Waals surface area contributed by atoms with E-state index in [1.54, 1.807) is 45.9 Å². The number of H-pyrrole nitrogens is 1. The Morgan fingerprint density at radius 2 is 1.77 bits per heavy atom. The van der Waals surface area contributed by atoms with Crippen molar-refractivity contribution < 1.29 is 55.0 Å². The normalized spacial score (nSPS) is 17.0. The average molecular weight is 1020 g/mol. The number of hydrogen-bond donors (Lipinski definition) is 5. The highest BCUT2D eigenvalue weighted by Crippen LogP contribution is 2.41. The van der Waals surface area contributed by atoms with Gasteiger partial charge in [0.1, 0.15) is 20.3 Å². The first-order valence-corrected chi connectivity index (χ1v) is 26.8. The largest absolute Gasteiger partial charge is 0.461 e. The van der Waals surface area contributed by atoms with Crippen molar-refractivity contribution in [2.24, 2.45) is 10.8 Å². The van der Waals surface area contributed by atoms with E-state index in [4.69, 9.17) is 14.2 Å². The Morgan fingerprint density at radius 1 is 1.07 bits per heavy atom. The maximum atomic E-state index is 13.7. The number of aromatic amines is 1. The van der Waals surface area contributed by atoms with Crippen LogP contribution in [0.2, 0.25) is 0 Å². The molecule has 0 fully saturated rings. The van der Waals surface area contributed by atoms with Gasteiger partial charge < -0.3 is 40.0 Å². The molecule has 3 aromatic rings. The van der Waals surface area contributed by atoms with E-state index in [-0.39, 0.29) is 51.9 Å². The monoisotopic (exact) mass is 1020 g/mol. The highest BCUT2D eigenvalue weighted by Gasteiger charge is 2.44. The molecular weight excluding hydrogens is 951 g/mol. The smallest absolute Gasteiger partial charge is 0.311 e. The molecule has 5 N–H and O–H groups in total. The lowest BCUT2D eigenvalue weighted by Gasteiger charge is -2.32. The van der Waals surface area contributed by atoms with Gasteiger partial charge in [0.15, 0.2) is 0 Å². The SMILES string of the molecule is CCN[C@H]1CN(CCCOC)S(=O)(=O)c2sc(S(=O)(=O)NC(=O)C(C)(C)[C@H](C)OC(=O)C(C)(C)CCC(=O)Oc3ccc4c(c3)/C(=C/c3[nH]c(C)c(C(=O)NCCN(CC)CC)c3C)C(=O)N4)cc21. The van der Waals surface area contributed by atoms with E-state index in [1.165, 1.54) is 44.3 Å². The zero-order chi connectivity index (χ0) is 51.2. The first-order chi connectivity index (χ1) is 32.3. The van der Waals surface area contributed by atoms with Crippen molar-refractivity contribution in [1.29, 1.82) is 0 Å². The van der Waals surface area contributed by atoms with Crippen LogP contribution in [0.3, 0.4) is 0 Å². The Labute approximate surface area is 409 Å². The molecule has 0 unspecified atom stereocenters. The molecular formula is C47H67N7O12S3. The molecule has 3 amide bonds. The van der Waals surface area contributed by atoms with E-state index in [2.05, 4.69) is 44.4 Å². The second kappa shape index (κ2) is 22.4. The van der Waals surface area contributed by atoms with Gasteiger partial charge in [-0.25, -0.2) is 21.6 Å². The van der Waals surface area contributed by atoms with Gasteiger partial charge in [0, 0.05) is 80.6 Å². The summed E-state index contributed by atoms with van der Waals surface area (Å²) in [5.41, 5.74) is 1.14. The number of hydrogen-bond acceptors (Lipinski definition) is 15. The number of aryl methyl sites for hydroxylation is 1. The number of rotatable bonds is 23. The van der Waals surface area contributed by atoms with E-state index < -0.39 is 60.9 Å². The Morgan fingerprint density at radius 3 is 2.42 bits per heavy atom. The van der Waals surface area contributed by atoms with E-state index >= 15 is 0 Å². The summed E-state index contributed by atoms with van der Waals surface area (Å²) in [5, 5.41) is 9.02. The standard InChI is InChI=1S/C47H67N7O12S3/c1-12-48-37-27-54(21-15-23-64-11)69(62,63)43-34(37)26-39(67-43)68(60,61)52-44(58)47(9,10)30(6)65-45(59)46(7,8)19-18-38(55)66-31-16-17-35-32(24-31)33(41(56)51-35)25-36-28(4)40(29(5)50-36)42(57)49-20-22-53(13-2)14-3/h16-17,24-26,30,37,48,50H,12-15,18-23,27H2,1-11H3,(H,49,57)(H,51,56)(H,52,58)/b33-25-/t30-,37-/m0/s1. The number of likely N-dealkylation sites (N-methyl/N-ethyl adjacent to an activating group) is 2. The van der Waals surface area contributed by atoms with Gasteiger partial charge in [-0.3, -0.25) is 24.0 Å². The molecule has 0 radical (unpaired) electrons. The van der Waals surface area contributed by atoms with Gasteiger partial charge in [0.05, 0.1) is 22.0 Å². The molecule has 0 saturated heterocycles. The topological polar surface area (TPSA) is 252 Å². The van der Waals surface area contributed by atoms with E-state index in [1.807, 2.05) is 6.92 Å². The maximum absolute atomic E-state index is 13.7. The third-order valence-corrected chi connectivity index (χ3v) is 18.1. The summed E-state index contributed by atoms with van der Waals surface area (Å²) in [6.45, 7) is 21.1. The number of esters is 2. The summed E-state index contributed by atoms with van der Waals surface area (Å²) in [4.78, 5) is 72.1. The lowest BCUT2D eigenvalue weighted by atomic mass is 9.85. The zero-order valence-corrected chi connectivity index (χ0v) is 43.8. The molecule has 1 aromatic carbocycles. The molecule has 2 aliphatic rings. The molecule has 69 heavy (non-hydrogen) atoms. The van der Waals surface area contributed by atoms with E-state index in [0.29, 0.717) is 82.4 Å². The van der Waals surface area contributed by atoms with Crippen LogP contribution in [0.4, 0.5) is 5.69 Å². The van der Waals surface area contributed by atoms with Gasteiger partial charge in [-0.1, -0.05) is 20.8 Å². The number of amides is 3. The molecule has 2 aromatic heterocycles. The Balaban J connectivity index is 1.19. The predicted molar refractivity (Wildman–Crippen MR) is 263 cm³/mol. The van der Waals surface area contributed by atoms with Crippen LogP contribution < -0.4 is 25.4 Å². The van der Waals surface area contributed by atoms with Crippen molar-refractivity contribution in [2.75, 3.05) is 64.8 Å². The second-order valence-corrected chi connectivity index (χ2v) is 23.5. The van der Waals surface area contributed by atoms with Crippen LogP contribution in [0, 0.1) is 24.7 Å². The number of methoxy groups -OCH3 is 1. The summed E-state index contributed by atoms with van der Waals surface area (Å²) in [7, 11) is -7.10. The van der Waals surface area contributed by atoms with Crippen molar-refractivity contribution in [3.8, 4) is 5.75 Å². The lowest BCUT2D eigenvalue weighted by Crippen LogP contribution is -2.48. The number of aromatic nitrogens is 1. The summed E-state index contributed by atoms with van der Waals surface area (Å²) >= 11 is 0.557. The number of carbonyl (C=O) groups is 5. The van der Waals surface area contributed by atoms with Gasteiger partial charge in [-0.15, -0.1) is 11.3 Å². The van der Waals surface area contributed by atoms with Crippen LogP contribution in [0.1, 0.15) is 119 Å². The van der Waals surface area contributed by atoms with Crippen molar-refractivity contribution in [1.82, 2.24) is 29.5 Å². The molecule has 22 heteroatoms. The quantitative estimate of drug-likeness (QED) is 0.0358. The number of benzene rings is 1. The molecule has 380 valence electrons. The van der Waals surface area contributed by atoms with Crippen LogP contribution in [-0.4, -0.2) is 126 Å². The number of fused-ring (bicyclic) bond motifs is 2. The second-order valence-electron chi connectivity index (χ2n) is 18.4. The fraction of sp³-hybridized carbons (Fsp3) is 0.553. The summed E-state index contributed by atoms with van der Waals surface area (Å²) in [6.07, 6.45) is 0.712. The summed E-state index contributed by atoms with van der Waals surface area (Å²) in [5.74, 6) is -2.83. The molecule has 0 bridgehead atoms. The number of nitrogens with zero attached hydrogens (tertiary/aromatic N) is 2. The number of thiophene rings is 1. The lowest BCUT2D eigenvalue weighted by molar-refractivity contribution is -0.167. The van der Waals surface area contributed by atoms with Gasteiger partial charge in [-0.2, -0.15) is 4.31 Å². The molecule has 5 rings (SSSR count). The van der Waals surface area contributed by atoms with Crippen LogP contribution >= 0.6 is 11.3 Å². The molecule has 2 aliphatic heterocycles. The first-order valence-electron chi connectivity index (χ1n) is 23.0. The van der Waals surface area contributed by atoms with Gasteiger partial charge in [0.25, 0.3) is 31.9 Å². The van der Waals surface area contributed by atoms with E-state index in [9.17, 15) is 40.8 Å². The first kappa shape index (κ1) is 55.0. The maximum Gasteiger partial charge on any atom is 0.311 e. The Hall–Kier alpha value is -4.97. The zero-order valence-electron chi connectivity index (χ0n) is 41.3. The molecule has 2 atom stereocenters. The van der Waals surface area contributed by atoms with Crippen LogP contribution in [0.15, 0.2) is 32.7 Å². The minimum atomic E-state index is -4.58. The van der Waals surface area contributed by atoms with Gasteiger partial charge >= 0.3 is 11.9 Å². The van der Waals surface area contributed by atoms with Crippen molar-refractivity contribution in [2.45, 2.75) is 109 Å². The molecule has 0 spiro atoms. The number of carbonyl (C=O) groups excluding carboxylic acids is 5. The highest BCUT2D eigenvalue weighted by atomic mass is 32.3. The summed E-state index contributed by atoms with van der Waals surface area (Å²) < 4.78 is 73.8. The highest BCUT2D eigenvalue weighted by molar-refractivity contribution is 7.94. The Kier molecular flexibility index (Phi) is 17.9. The van der Waals surface area contributed by atoms with Crippen LogP contribution in [0.25, 0.3) is 11.6 Å². The van der Waals surface area contributed by atoms with Crippen LogP contribution in [0.5, 0.6) is 5.75 Å². The van der Waals surface area contributed by atoms with E-state index in [0.717, 1.165) is 19.6 Å². The van der Waals surface area contributed by atoms with Gasteiger partial charge in [-0.05, 0) is 117 Å². The Bertz CT molecular complexity index is 2680. The number of ether oxygens (including phenoxy) is 3. The average Bonchev–Trinajstić information content (AvgIpc) is 3.96. The van der Waals surface area contributed by atoms with Crippen molar-refractivity contribution >= 4 is 78.4 Å². The minimum absolute atomic E-state index is 0.0189. The minimum Gasteiger partial charge on any atom is -0.461 e. The third-order valence-electron chi connectivity index (χ3n) is 12.7. The van der Waals surface area contributed by atoms with Crippen LogP contribution in [-0.2, 0) is 48.7 Å². The number of nitrogens with one attached hydrogen (secondary N) is 5. The summed E-state index contributed by atoms with van der Waals surface area (Å²) in [6, 6.07) is 5.50. The predicted octanol–water partition coefficient (Wildman–Crippen LogP) is 5.12. The fourth-order valence-electron chi connectivity index (χ4n) is 7.87. The number of sulfonamides is 2. The molecule has 0 saturated carbocycles. The van der Waals surface area contributed by atoms with Crippen molar-refractivity contribution in [3.63, 3.8) is 0 Å². The molecule has 0 aliphatic carbocycles. The third kappa shape index (κ3) is 12.5. The van der Waals surface area contributed by atoms with Crippen molar-refractivity contribution in [3.05, 3.63) is 57.9 Å². The number of anilines is 1. The molecule has 4 heterocycles.